The molecule has 5 rings (SSSR count). The van der Waals surface area contributed by atoms with Crippen molar-refractivity contribution >= 4 is 17.1 Å². The lowest BCUT2D eigenvalue weighted by Gasteiger charge is -2.20. The SMILES string of the molecule is CC1(C)C=C2/C=C3\N=C(C=C4N=C(/C=C5\N/C(=C\C1=N2)CC5(C)C)CC4(C)C)CC3(C)C. The Kier molecular flexibility index (Phi) is 4.35. The lowest BCUT2D eigenvalue weighted by Crippen LogP contribution is -2.18. The molecule has 1 saturated heterocycles. The molecule has 168 valence electrons. The van der Waals surface area contributed by atoms with Crippen LogP contribution >= 0.6 is 0 Å². The summed E-state index contributed by atoms with van der Waals surface area (Å²) in [5, 5.41) is 3.72. The summed E-state index contributed by atoms with van der Waals surface area (Å²) in [5.41, 5.74) is 9.08. The van der Waals surface area contributed by atoms with Gasteiger partial charge in [0.2, 0.25) is 0 Å². The maximum atomic E-state index is 5.09. The molecule has 0 aromatic rings. The van der Waals surface area contributed by atoms with E-state index in [1.165, 1.54) is 11.4 Å². The van der Waals surface area contributed by atoms with E-state index < -0.39 is 0 Å². The number of aliphatic imine (C=N–C) groups is 3. The van der Waals surface area contributed by atoms with Crippen molar-refractivity contribution in [1.82, 2.24) is 5.32 Å². The van der Waals surface area contributed by atoms with E-state index >= 15 is 0 Å². The maximum Gasteiger partial charge on any atom is 0.0621 e. The number of nitrogens with one attached hydrogen (secondary N) is 1. The van der Waals surface area contributed by atoms with Crippen LogP contribution in [0.1, 0.15) is 74.7 Å². The average molecular weight is 429 g/mol. The molecule has 5 aliphatic rings. The highest BCUT2D eigenvalue weighted by Gasteiger charge is 2.38. The van der Waals surface area contributed by atoms with Gasteiger partial charge in [-0.2, -0.15) is 0 Å². The van der Waals surface area contributed by atoms with Crippen LogP contribution in [0.25, 0.3) is 0 Å². The molecule has 8 bridgehead atoms. The first-order valence-electron chi connectivity index (χ1n) is 11.8. The van der Waals surface area contributed by atoms with E-state index in [2.05, 4.69) is 91.1 Å². The van der Waals surface area contributed by atoms with Crippen LogP contribution in [0.5, 0.6) is 0 Å². The van der Waals surface area contributed by atoms with Crippen molar-refractivity contribution in [2.24, 2.45) is 36.6 Å². The van der Waals surface area contributed by atoms with Crippen molar-refractivity contribution < 1.29 is 0 Å². The minimum absolute atomic E-state index is 0.00993. The smallest absolute Gasteiger partial charge is 0.0621 e. The fraction of sp³-hybridized carbons (Fsp3) is 0.536. The minimum Gasteiger partial charge on any atom is -0.362 e. The van der Waals surface area contributed by atoms with Gasteiger partial charge in [0.1, 0.15) is 0 Å². The molecule has 0 aromatic heterocycles. The van der Waals surface area contributed by atoms with Crippen LogP contribution in [0.15, 0.2) is 73.8 Å². The first kappa shape index (κ1) is 21.4. The standard InChI is InChI=1S/C28H36N4/c1-25(2)13-17-10-22-27(5,6)15-19(31-22)12-24-28(7,8)16-20(32-24)11-23-26(3,4)14-18(30-23)9-21(25)29-17/h9-13,30H,14-16H2,1-8H3/b18-9-,22-10-,23-11-,24-12?. The summed E-state index contributed by atoms with van der Waals surface area (Å²) < 4.78 is 0. The van der Waals surface area contributed by atoms with Gasteiger partial charge < -0.3 is 5.32 Å². The van der Waals surface area contributed by atoms with Gasteiger partial charge >= 0.3 is 0 Å². The van der Waals surface area contributed by atoms with Crippen LogP contribution in [0, 0.1) is 21.7 Å². The summed E-state index contributed by atoms with van der Waals surface area (Å²) in [4.78, 5) is 15.2. The van der Waals surface area contributed by atoms with Gasteiger partial charge in [-0.1, -0.05) is 55.4 Å². The van der Waals surface area contributed by atoms with E-state index in [-0.39, 0.29) is 21.7 Å². The third-order valence-electron chi connectivity index (χ3n) is 7.45. The van der Waals surface area contributed by atoms with Gasteiger partial charge in [0, 0.05) is 68.7 Å². The van der Waals surface area contributed by atoms with E-state index in [1.54, 1.807) is 0 Å². The molecule has 0 unspecified atom stereocenters. The molecule has 0 aliphatic carbocycles. The van der Waals surface area contributed by atoms with Crippen LogP contribution in [0.4, 0.5) is 0 Å². The number of hydrogen-bond acceptors (Lipinski definition) is 4. The molecule has 0 radical (unpaired) electrons. The van der Waals surface area contributed by atoms with Crippen molar-refractivity contribution in [3.8, 4) is 0 Å². The molecular formula is C28H36N4. The highest BCUT2D eigenvalue weighted by atomic mass is 15.0. The Morgan fingerprint density at radius 1 is 0.656 bits per heavy atom. The zero-order valence-electron chi connectivity index (χ0n) is 20.8. The molecule has 32 heavy (non-hydrogen) atoms. The molecule has 0 spiro atoms. The average Bonchev–Trinajstić information content (AvgIpc) is 3.25. The van der Waals surface area contributed by atoms with Crippen LogP contribution in [-0.4, -0.2) is 17.1 Å². The summed E-state index contributed by atoms with van der Waals surface area (Å²) in [7, 11) is 0. The van der Waals surface area contributed by atoms with Crippen molar-refractivity contribution in [2.45, 2.75) is 74.7 Å². The van der Waals surface area contributed by atoms with Crippen LogP contribution in [-0.2, 0) is 0 Å². The van der Waals surface area contributed by atoms with Crippen LogP contribution in [0.3, 0.4) is 0 Å². The molecule has 0 amide bonds. The minimum atomic E-state index is -0.101. The van der Waals surface area contributed by atoms with Crippen molar-refractivity contribution in [1.29, 1.82) is 0 Å². The normalized spacial score (nSPS) is 33.4. The zero-order valence-corrected chi connectivity index (χ0v) is 20.8. The second kappa shape index (κ2) is 6.52. The Hall–Kier alpha value is -2.49. The van der Waals surface area contributed by atoms with Crippen LogP contribution in [0.2, 0.25) is 0 Å². The Labute approximate surface area is 192 Å². The van der Waals surface area contributed by atoms with Gasteiger partial charge in [0.05, 0.1) is 11.4 Å². The summed E-state index contributed by atoms with van der Waals surface area (Å²) in [6.07, 6.45) is 14.1. The third kappa shape index (κ3) is 3.58. The molecule has 0 atom stereocenters. The Bertz CT molecular complexity index is 1150. The number of hydrogen-bond donors (Lipinski definition) is 1. The predicted octanol–water partition coefficient (Wildman–Crippen LogP) is 6.66. The molecular weight excluding hydrogens is 392 g/mol. The monoisotopic (exact) mass is 428 g/mol. The van der Waals surface area contributed by atoms with Gasteiger partial charge in [-0.15, -0.1) is 0 Å². The lowest BCUT2D eigenvalue weighted by molar-refractivity contribution is 0.475. The van der Waals surface area contributed by atoms with Gasteiger partial charge in [-0.25, -0.2) is 0 Å². The number of fused-ring (bicyclic) bond motifs is 5. The second-order valence-electron chi connectivity index (χ2n) is 12.6. The largest absolute Gasteiger partial charge is 0.362 e. The lowest BCUT2D eigenvalue weighted by atomic mass is 9.82. The molecule has 1 fully saturated rings. The number of rotatable bonds is 0. The van der Waals surface area contributed by atoms with Gasteiger partial charge in [-0.3, -0.25) is 15.0 Å². The first-order valence-corrected chi connectivity index (χ1v) is 11.8. The Morgan fingerprint density at radius 3 is 1.91 bits per heavy atom. The quantitative estimate of drug-likeness (QED) is 0.461. The molecule has 1 N–H and O–H groups in total. The summed E-state index contributed by atoms with van der Waals surface area (Å²) >= 11 is 0. The Balaban J connectivity index is 1.70. The number of nitrogens with zero attached hydrogens (tertiary/aromatic N) is 3. The molecule has 5 aliphatic heterocycles. The van der Waals surface area contributed by atoms with E-state index in [0.717, 1.165) is 53.5 Å². The number of allylic oxidation sites excluding steroid dienone is 9. The second-order valence-corrected chi connectivity index (χ2v) is 12.6. The summed E-state index contributed by atoms with van der Waals surface area (Å²) in [6, 6.07) is 0. The molecule has 4 nitrogen and oxygen atoms in total. The highest BCUT2D eigenvalue weighted by Crippen LogP contribution is 2.45. The molecule has 5 heterocycles. The van der Waals surface area contributed by atoms with Gasteiger partial charge in [0.25, 0.3) is 0 Å². The van der Waals surface area contributed by atoms with Crippen molar-refractivity contribution in [3.63, 3.8) is 0 Å². The van der Waals surface area contributed by atoms with Crippen molar-refractivity contribution in [2.75, 3.05) is 0 Å². The van der Waals surface area contributed by atoms with E-state index in [0.29, 0.717) is 0 Å². The first-order chi connectivity index (χ1) is 14.7. The molecule has 0 aromatic carbocycles. The highest BCUT2D eigenvalue weighted by molar-refractivity contribution is 6.05. The van der Waals surface area contributed by atoms with E-state index in [9.17, 15) is 0 Å². The van der Waals surface area contributed by atoms with Crippen molar-refractivity contribution in [3.05, 3.63) is 58.9 Å². The third-order valence-corrected chi connectivity index (χ3v) is 7.45. The Morgan fingerprint density at radius 2 is 1.25 bits per heavy atom. The maximum absolute atomic E-state index is 5.09. The zero-order chi connectivity index (χ0) is 23.1. The van der Waals surface area contributed by atoms with Gasteiger partial charge in [0.15, 0.2) is 0 Å². The van der Waals surface area contributed by atoms with E-state index in [4.69, 9.17) is 15.0 Å². The summed E-state index contributed by atoms with van der Waals surface area (Å²) in [6.45, 7) is 18.2. The fourth-order valence-electron chi connectivity index (χ4n) is 5.36. The van der Waals surface area contributed by atoms with Gasteiger partial charge in [-0.05, 0) is 36.8 Å². The molecule has 0 saturated carbocycles. The predicted molar refractivity (Wildman–Crippen MR) is 135 cm³/mol. The van der Waals surface area contributed by atoms with E-state index in [1.807, 2.05) is 0 Å². The molecule has 4 heteroatoms. The van der Waals surface area contributed by atoms with Crippen LogP contribution < -0.4 is 5.32 Å². The summed E-state index contributed by atoms with van der Waals surface area (Å²) in [5.74, 6) is 0. The fourth-order valence-corrected chi connectivity index (χ4v) is 5.36. The topological polar surface area (TPSA) is 49.1 Å².